The number of para-hydroxylation sites is 1. The Balaban J connectivity index is 0.000000310. The highest BCUT2D eigenvalue weighted by molar-refractivity contribution is 5.47. The molecule has 0 aromatic heterocycles. The smallest absolute Gasteiger partial charge is 0.240 e. The largest absolute Gasteiger partial charge is 0.265 e. The second-order valence-electron chi connectivity index (χ2n) is 1.98. The molecule has 1 rings (SSSR count). The molecule has 0 aliphatic heterocycles. The Hall–Kier alpha value is -2.00. The van der Waals surface area contributed by atoms with Gasteiger partial charge in [0, 0.05) is 4.92 Å². The van der Waals surface area contributed by atoms with E-state index in [-0.39, 0.29) is 0 Å². The van der Waals surface area contributed by atoms with E-state index in [2.05, 4.69) is 4.99 Å². The Morgan fingerprint density at radius 1 is 1.38 bits per heavy atom. The molecular weight excluding hydrogens is 172 g/mol. The van der Waals surface area contributed by atoms with Crippen LogP contribution in [0.25, 0.3) is 0 Å². The summed E-state index contributed by atoms with van der Waals surface area (Å²) in [5.74, 6) is 0. The van der Waals surface area contributed by atoms with Crippen LogP contribution in [0.2, 0.25) is 0 Å². The van der Waals surface area contributed by atoms with Crippen molar-refractivity contribution in [2.24, 2.45) is 4.99 Å². The van der Waals surface area contributed by atoms with Crippen LogP contribution >= 0.6 is 0 Å². The van der Waals surface area contributed by atoms with Crippen LogP contribution in [0, 0.1) is 10.1 Å². The van der Waals surface area contributed by atoms with Gasteiger partial charge in [-0.1, -0.05) is 18.2 Å². The number of hydrogen-bond donors (Lipinski definition) is 0. The molecule has 5 heteroatoms. The molecule has 0 N–H and O–H groups in total. The van der Waals surface area contributed by atoms with Gasteiger partial charge in [0.25, 0.3) is 0 Å². The predicted molar refractivity (Wildman–Crippen MR) is 47.1 cm³/mol. The van der Waals surface area contributed by atoms with Crippen molar-refractivity contribution in [1.29, 1.82) is 0 Å². The normalized spacial score (nSPS) is 7.46. The average Bonchev–Trinajstić information content (AvgIpc) is 2.06. The van der Waals surface area contributed by atoms with Crippen molar-refractivity contribution in [3.63, 3.8) is 0 Å². The third-order valence-corrected chi connectivity index (χ3v) is 0.931. The van der Waals surface area contributed by atoms with Crippen molar-refractivity contribution in [1.82, 2.24) is 0 Å². The number of nitro groups is 1. The van der Waals surface area contributed by atoms with Crippen molar-refractivity contribution >= 4 is 11.8 Å². The molecule has 0 aliphatic carbocycles. The first-order valence-corrected chi connectivity index (χ1v) is 3.37. The maximum atomic E-state index is 9.68. The van der Waals surface area contributed by atoms with Gasteiger partial charge in [0.1, 0.15) is 0 Å². The molecule has 68 valence electrons. The summed E-state index contributed by atoms with van der Waals surface area (Å²) >= 11 is 0. The maximum Gasteiger partial charge on any atom is 0.240 e. The summed E-state index contributed by atoms with van der Waals surface area (Å²) in [6.07, 6.45) is 1.46. The Bertz CT molecular complexity index is 300. The lowest BCUT2D eigenvalue weighted by molar-refractivity contribution is -0.445. The minimum absolute atomic E-state index is 0.500. The van der Waals surface area contributed by atoms with Crippen molar-refractivity contribution in [3.8, 4) is 0 Å². The number of carbonyl (C=O) groups excluding carboxylic acids is 1. The molecular formula is C8H8N2O3. The summed E-state index contributed by atoms with van der Waals surface area (Å²) in [4.78, 5) is 21.4. The van der Waals surface area contributed by atoms with E-state index in [1.807, 2.05) is 18.2 Å². The highest BCUT2D eigenvalue weighted by atomic mass is 16.6. The Kier molecular flexibility index (Phi) is 5.66. The lowest BCUT2D eigenvalue weighted by Gasteiger charge is -1.83. The van der Waals surface area contributed by atoms with Gasteiger partial charge >= 0.3 is 0 Å². The summed E-state index contributed by atoms with van der Waals surface area (Å²) in [6.45, 7) is 0. The Morgan fingerprint density at radius 3 is 2.23 bits per heavy atom. The third-order valence-electron chi connectivity index (χ3n) is 0.931. The molecule has 0 saturated carbocycles. The highest BCUT2D eigenvalue weighted by Gasteiger charge is 1.79. The van der Waals surface area contributed by atoms with E-state index in [0.29, 0.717) is 5.69 Å². The number of isocyanates is 1. The van der Waals surface area contributed by atoms with E-state index in [1.165, 1.54) is 6.08 Å². The molecule has 1 aromatic carbocycles. The summed E-state index contributed by atoms with van der Waals surface area (Å²) in [6, 6.07) is 8.98. The number of benzene rings is 1. The standard InChI is InChI=1S/C7H5NO.CH3NO2/c9-6-8-7-4-2-1-3-5-7;1-2(3)4/h1-5H;1H3. The van der Waals surface area contributed by atoms with Crippen molar-refractivity contribution < 1.29 is 9.72 Å². The van der Waals surface area contributed by atoms with Gasteiger partial charge in [-0.2, -0.15) is 4.99 Å². The van der Waals surface area contributed by atoms with E-state index >= 15 is 0 Å². The van der Waals surface area contributed by atoms with Gasteiger partial charge in [-0.05, 0) is 12.1 Å². The summed E-state index contributed by atoms with van der Waals surface area (Å²) in [7, 11) is 0.889. The van der Waals surface area contributed by atoms with Gasteiger partial charge in [-0.15, -0.1) is 0 Å². The van der Waals surface area contributed by atoms with E-state index in [1.54, 1.807) is 12.1 Å². The van der Waals surface area contributed by atoms with Crippen molar-refractivity contribution in [2.75, 3.05) is 7.05 Å². The minimum atomic E-state index is -0.500. The maximum absolute atomic E-state index is 9.68. The molecule has 5 nitrogen and oxygen atoms in total. The molecule has 0 fully saturated rings. The first kappa shape index (κ1) is 11.0. The molecule has 0 spiro atoms. The number of hydrogen-bond acceptors (Lipinski definition) is 4. The fourth-order valence-electron chi connectivity index (χ4n) is 0.555. The first-order valence-electron chi connectivity index (χ1n) is 3.37. The van der Waals surface area contributed by atoms with Gasteiger partial charge in [0.05, 0.1) is 5.69 Å². The fraction of sp³-hybridized carbons (Fsp3) is 0.125. The van der Waals surface area contributed by atoms with Gasteiger partial charge in [0.15, 0.2) is 7.05 Å². The molecule has 0 aliphatic rings. The van der Waals surface area contributed by atoms with E-state index in [9.17, 15) is 4.79 Å². The summed E-state index contributed by atoms with van der Waals surface area (Å²) in [5.41, 5.74) is 0.646. The molecule has 13 heavy (non-hydrogen) atoms. The van der Waals surface area contributed by atoms with Crippen LogP contribution in [0.1, 0.15) is 0 Å². The van der Waals surface area contributed by atoms with Crippen LogP contribution in [-0.4, -0.2) is 18.1 Å². The second-order valence-corrected chi connectivity index (χ2v) is 1.98. The Morgan fingerprint density at radius 2 is 1.85 bits per heavy atom. The second kappa shape index (κ2) is 6.69. The van der Waals surface area contributed by atoms with Crippen LogP contribution in [-0.2, 0) is 4.79 Å². The van der Waals surface area contributed by atoms with Gasteiger partial charge in [-0.3, -0.25) is 10.1 Å². The molecule has 0 bridgehead atoms. The quantitative estimate of drug-likeness (QED) is 0.285. The summed E-state index contributed by atoms with van der Waals surface area (Å²) in [5, 5.41) is 8.81. The van der Waals surface area contributed by atoms with Crippen molar-refractivity contribution in [2.45, 2.75) is 0 Å². The third kappa shape index (κ3) is 7.90. The number of nitrogens with zero attached hydrogens (tertiary/aromatic N) is 2. The van der Waals surface area contributed by atoms with Crippen LogP contribution in [0.15, 0.2) is 35.3 Å². The zero-order chi connectivity index (χ0) is 10.1. The fourth-order valence-corrected chi connectivity index (χ4v) is 0.555. The summed E-state index contributed by atoms with van der Waals surface area (Å²) < 4.78 is 0. The Labute approximate surface area is 74.9 Å². The van der Waals surface area contributed by atoms with Gasteiger partial charge in [0.2, 0.25) is 6.08 Å². The first-order chi connectivity index (χ1) is 6.16. The molecule has 0 amide bonds. The van der Waals surface area contributed by atoms with Crippen LogP contribution < -0.4 is 0 Å². The van der Waals surface area contributed by atoms with E-state index in [4.69, 9.17) is 10.1 Å². The molecule has 0 radical (unpaired) electrons. The zero-order valence-corrected chi connectivity index (χ0v) is 7.01. The number of rotatable bonds is 1. The van der Waals surface area contributed by atoms with Gasteiger partial charge in [-0.25, -0.2) is 4.79 Å². The lowest BCUT2D eigenvalue weighted by Crippen LogP contribution is -1.79. The van der Waals surface area contributed by atoms with Crippen LogP contribution in [0.3, 0.4) is 0 Å². The molecule has 0 heterocycles. The van der Waals surface area contributed by atoms with E-state index < -0.39 is 4.92 Å². The van der Waals surface area contributed by atoms with E-state index in [0.717, 1.165) is 7.05 Å². The number of aliphatic imine (C=N–C) groups is 1. The lowest BCUT2D eigenvalue weighted by atomic mass is 10.3. The molecule has 1 aromatic rings. The minimum Gasteiger partial charge on any atom is -0.265 e. The SMILES string of the molecule is C[N+](=O)[O-].O=C=Nc1ccccc1. The average molecular weight is 180 g/mol. The van der Waals surface area contributed by atoms with Crippen LogP contribution in [0.5, 0.6) is 0 Å². The van der Waals surface area contributed by atoms with Gasteiger partial charge < -0.3 is 0 Å². The molecule has 0 atom stereocenters. The predicted octanol–water partition coefficient (Wildman–Crippen LogP) is 1.55. The molecule has 0 saturated heterocycles. The van der Waals surface area contributed by atoms with Crippen molar-refractivity contribution in [3.05, 3.63) is 40.4 Å². The monoisotopic (exact) mass is 180 g/mol. The molecule has 0 unspecified atom stereocenters. The van der Waals surface area contributed by atoms with Crippen LogP contribution in [0.4, 0.5) is 5.69 Å². The topological polar surface area (TPSA) is 72.6 Å². The zero-order valence-electron chi connectivity index (χ0n) is 7.01. The highest BCUT2D eigenvalue weighted by Crippen LogP contribution is 2.06.